The Morgan fingerprint density at radius 2 is 1.08 bits per heavy atom. The van der Waals surface area contributed by atoms with E-state index in [0.717, 1.165) is 0 Å². The number of aliphatic carboxylic acids is 2. The van der Waals surface area contributed by atoms with Crippen LogP contribution >= 0.6 is 0 Å². The monoisotopic (exact) mass is 526 g/mol. The van der Waals surface area contributed by atoms with Crippen LogP contribution in [0.4, 0.5) is 0 Å². The van der Waals surface area contributed by atoms with E-state index in [1.54, 1.807) is 6.92 Å². The first-order chi connectivity index (χ1) is 17.1. The Morgan fingerprint density at radius 3 is 1.56 bits per heavy atom. The Kier molecular flexibility index (Phi) is 12.9. The maximum atomic E-state index is 10.8. The molecule has 210 valence electrons. The molecule has 2 fully saturated rings. The van der Waals surface area contributed by atoms with Crippen LogP contribution in [0.5, 0.6) is 0 Å². The van der Waals surface area contributed by atoms with Crippen molar-refractivity contribution in [3.8, 4) is 0 Å². The molecule has 2 saturated heterocycles. The van der Waals surface area contributed by atoms with Gasteiger partial charge in [-0.3, -0.25) is 0 Å². The lowest BCUT2D eigenvalue weighted by Crippen LogP contribution is -2.59. The predicted molar refractivity (Wildman–Crippen MR) is 118 cm³/mol. The van der Waals surface area contributed by atoms with Crippen molar-refractivity contribution < 1.29 is 68.6 Å². The Bertz CT molecular complexity index is 677. The predicted octanol–water partition coefficient (Wildman–Crippen LogP) is -2.53. The van der Waals surface area contributed by atoms with Gasteiger partial charge in [-0.25, -0.2) is 9.59 Å². The molecule has 0 aliphatic carbocycles. The largest absolute Gasteiger partial charge is 0.480 e. The van der Waals surface area contributed by atoms with Gasteiger partial charge in [0.25, 0.3) is 0 Å². The third-order valence-corrected chi connectivity index (χ3v) is 6.40. The Morgan fingerprint density at radius 1 is 0.639 bits per heavy atom. The number of carboxylic acids is 2. The highest BCUT2D eigenvalue weighted by Gasteiger charge is 2.46. The smallest absolute Gasteiger partial charge is 0.329 e. The first-order valence-corrected chi connectivity index (χ1v) is 11.8. The third-order valence-electron chi connectivity index (χ3n) is 6.40. The van der Waals surface area contributed by atoms with Crippen LogP contribution in [-0.4, -0.2) is 145 Å². The molecule has 0 aromatic carbocycles. The van der Waals surface area contributed by atoms with Crippen molar-refractivity contribution in [1.82, 2.24) is 0 Å². The number of ether oxygens (including phenoxy) is 6. The number of rotatable bonds is 15. The highest BCUT2D eigenvalue weighted by molar-refractivity contribution is 5.68. The summed E-state index contributed by atoms with van der Waals surface area (Å²) in [5.74, 6) is -3.63. The second-order valence-electron chi connectivity index (χ2n) is 8.93. The Balaban J connectivity index is 2.00. The van der Waals surface area contributed by atoms with E-state index in [1.807, 2.05) is 0 Å². The summed E-state index contributed by atoms with van der Waals surface area (Å²) in [4.78, 5) is 21.5. The summed E-state index contributed by atoms with van der Waals surface area (Å²) in [5, 5.41) is 59.7. The van der Waals surface area contributed by atoms with Gasteiger partial charge in [0.2, 0.25) is 0 Å². The zero-order chi connectivity index (χ0) is 26.8. The number of carbonyl (C=O) groups is 2. The lowest BCUT2D eigenvalue weighted by atomic mass is 9.85. The van der Waals surface area contributed by atoms with Crippen molar-refractivity contribution in [2.24, 2.45) is 11.8 Å². The fourth-order valence-electron chi connectivity index (χ4n) is 4.52. The molecule has 10 atom stereocenters. The fourth-order valence-corrected chi connectivity index (χ4v) is 4.52. The van der Waals surface area contributed by atoms with Crippen molar-refractivity contribution >= 4 is 11.9 Å². The third kappa shape index (κ3) is 8.55. The molecule has 0 aromatic heterocycles. The summed E-state index contributed by atoms with van der Waals surface area (Å²) < 4.78 is 32.6. The summed E-state index contributed by atoms with van der Waals surface area (Å²) >= 11 is 0. The number of carboxylic acid groups (broad SMARTS) is 2. The minimum Gasteiger partial charge on any atom is -0.480 e. The Labute approximate surface area is 208 Å². The number of aliphatic hydroxyl groups is 4. The van der Waals surface area contributed by atoms with Crippen LogP contribution in [0, 0.1) is 11.8 Å². The van der Waals surface area contributed by atoms with E-state index in [9.17, 15) is 30.0 Å². The van der Waals surface area contributed by atoms with Gasteiger partial charge in [-0.15, -0.1) is 0 Å². The average Bonchev–Trinajstić information content (AvgIpc) is 2.81. The van der Waals surface area contributed by atoms with Crippen molar-refractivity contribution in [1.29, 1.82) is 0 Å². The first-order valence-electron chi connectivity index (χ1n) is 11.8. The highest BCUT2D eigenvalue weighted by Crippen LogP contribution is 2.31. The van der Waals surface area contributed by atoms with E-state index in [-0.39, 0.29) is 33.0 Å². The van der Waals surface area contributed by atoms with Gasteiger partial charge in [0, 0.05) is 18.9 Å². The van der Waals surface area contributed by atoms with E-state index in [4.69, 9.17) is 38.6 Å². The molecular weight excluding hydrogens is 488 g/mol. The number of aliphatic hydroxyl groups excluding tert-OH is 4. The molecule has 5 unspecified atom stereocenters. The molecule has 6 N–H and O–H groups in total. The molecule has 2 aliphatic rings. The molecular formula is C22H38O14. The molecule has 0 bridgehead atoms. The summed E-state index contributed by atoms with van der Waals surface area (Å²) in [6, 6.07) is 0. The van der Waals surface area contributed by atoms with Crippen molar-refractivity contribution in [2.75, 3.05) is 53.4 Å². The number of hydrogen-bond donors (Lipinski definition) is 6. The normalized spacial score (nSPS) is 37.1. The zero-order valence-corrected chi connectivity index (χ0v) is 20.4. The molecule has 0 amide bonds. The lowest BCUT2D eigenvalue weighted by molar-refractivity contribution is -0.242. The molecule has 2 rings (SSSR count). The molecule has 2 aliphatic heterocycles. The Hall–Kier alpha value is -1.46. The van der Waals surface area contributed by atoms with Crippen LogP contribution in [0.1, 0.15) is 13.3 Å². The maximum Gasteiger partial charge on any atom is 0.329 e. The second-order valence-corrected chi connectivity index (χ2v) is 8.93. The average molecular weight is 527 g/mol. The zero-order valence-electron chi connectivity index (χ0n) is 20.4. The van der Waals surface area contributed by atoms with E-state index in [0.29, 0.717) is 6.42 Å². The van der Waals surface area contributed by atoms with E-state index in [1.165, 1.54) is 7.11 Å². The van der Waals surface area contributed by atoms with Crippen molar-refractivity contribution in [2.45, 2.75) is 62.2 Å². The topological polar surface area (TPSA) is 211 Å². The molecule has 2 heterocycles. The van der Waals surface area contributed by atoms with Crippen molar-refractivity contribution in [3.63, 3.8) is 0 Å². The molecule has 14 nitrogen and oxygen atoms in total. The van der Waals surface area contributed by atoms with Gasteiger partial charge >= 0.3 is 11.9 Å². The van der Waals surface area contributed by atoms with Gasteiger partial charge in [-0.2, -0.15) is 0 Å². The van der Waals surface area contributed by atoms with Gasteiger partial charge in [-0.1, -0.05) is 6.92 Å². The van der Waals surface area contributed by atoms with Crippen LogP contribution in [0.25, 0.3) is 0 Å². The summed E-state index contributed by atoms with van der Waals surface area (Å²) in [6.45, 7) is 0.0174. The summed E-state index contributed by atoms with van der Waals surface area (Å²) in [6.07, 6.45) is -7.94. The molecule has 0 aromatic rings. The molecule has 14 heteroatoms. The van der Waals surface area contributed by atoms with E-state index in [2.05, 4.69) is 0 Å². The molecule has 0 spiro atoms. The SMILES string of the molecule is CC[C@H]1C(COCC(=O)O)OC(COCC2C(O)C(O)[C@@H](COC)O[C@H]2COCC(=O)O)[C@@H](O)[C@@H]1O. The van der Waals surface area contributed by atoms with Crippen LogP contribution in [0.2, 0.25) is 0 Å². The summed E-state index contributed by atoms with van der Waals surface area (Å²) in [5.41, 5.74) is 0. The van der Waals surface area contributed by atoms with Gasteiger partial charge < -0.3 is 59.1 Å². The minimum atomic E-state index is -1.30. The molecule has 0 radical (unpaired) electrons. The molecule has 0 saturated carbocycles. The lowest BCUT2D eigenvalue weighted by Gasteiger charge is -2.44. The standard InChI is InChI=1S/C22H38O14/c1-3-11-13(6-33-9-17(23)24)35-16(22(30)19(11)27)8-32-4-12-14(7-34-10-18(25)26)36-15(5-31-2)21(29)20(12)28/h11-16,19-22,27-30H,3-10H2,1-2H3,(H,23,24)(H,25,26)/t11-,12?,13?,14-,15+,16?,19+,20?,21?,22+/m0/s1. The second kappa shape index (κ2) is 15.1. The van der Waals surface area contributed by atoms with Crippen molar-refractivity contribution in [3.05, 3.63) is 0 Å². The maximum absolute atomic E-state index is 10.8. The van der Waals surface area contributed by atoms with Gasteiger partial charge in [-0.05, 0) is 6.42 Å². The van der Waals surface area contributed by atoms with E-state index < -0.39 is 85.8 Å². The molecule has 36 heavy (non-hydrogen) atoms. The van der Waals surface area contributed by atoms with E-state index >= 15 is 0 Å². The van der Waals surface area contributed by atoms with Crippen LogP contribution in [0.3, 0.4) is 0 Å². The van der Waals surface area contributed by atoms with Gasteiger partial charge in [0.05, 0.1) is 57.5 Å². The van der Waals surface area contributed by atoms with Gasteiger partial charge in [0.1, 0.15) is 37.6 Å². The number of methoxy groups -OCH3 is 1. The number of hydrogen-bond acceptors (Lipinski definition) is 12. The minimum absolute atomic E-state index is 0.00877. The quantitative estimate of drug-likeness (QED) is 0.130. The van der Waals surface area contributed by atoms with Gasteiger partial charge in [0.15, 0.2) is 0 Å². The van der Waals surface area contributed by atoms with Crippen LogP contribution < -0.4 is 0 Å². The summed E-state index contributed by atoms with van der Waals surface area (Å²) in [7, 11) is 1.40. The highest BCUT2D eigenvalue weighted by atomic mass is 16.6. The van der Waals surface area contributed by atoms with Crippen LogP contribution in [-0.2, 0) is 38.0 Å². The fraction of sp³-hybridized carbons (Fsp3) is 0.909. The van der Waals surface area contributed by atoms with Crippen LogP contribution in [0.15, 0.2) is 0 Å². The first kappa shape index (κ1) is 30.8.